The summed E-state index contributed by atoms with van der Waals surface area (Å²) in [5.41, 5.74) is 1.46. The number of esters is 1. The largest absolute Gasteiger partial charge is 0.502 e. The summed E-state index contributed by atoms with van der Waals surface area (Å²) in [5.74, 6) is -2.30. The summed E-state index contributed by atoms with van der Waals surface area (Å²) in [5, 5.41) is 32.1. The molecule has 2 aromatic rings. The van der Waals surface area contributed by atoms with Crippen molar-refractivity contribution in [3.8, 4) is 34.5 Å². The van der Waals surface area contributed by atoms with Crippen LogP contribution in [0.1, 0.15) is 28.7 Å². The summed E-state index contributed by atoms with van der Waals surface area (Å²) in [6.45, 7) is 0.0540. The highest BCUT2D eigenvalue weighted by Crippen LogP contribution is 2.58. The Bertz CT molecular complexity index is 1010. The molecule has 31 heavy (non-hydrogen) atoms. The highest BCUT2D eigenvalue weighted by Gasteiger charge is 2.53. The van der Waals surface area contributed by atoms with Crippen LogP contribution in [0.3, 0.4) is 0 Å². The molecule has 2 aliphatic rings. The van der Waals surface area contributed by atoms with Crippen molar-refractivity contribution in [2.45, 2.75) is 12.0 Å². The number of carbonyl (C=O) groups excluding carboxylic acids is 1. The van der Waals surface area contributed by atoms with Gasteiger partial charge in [0.1, 0.15) is 0 Å². The van der Waals surface area contributed by atoms with E-state index in [-0.39, 0.29) is 41.1 Å². The molecule has 0 saturated carbocycles. The summed E-state index contributed by atoms with van der Waals surface area (Å²) in [6, 6.07) is 4.72. The van der Waals surface area contributed by atoms with Crippen molar-refractivity contribution in [3.63, 3.8) is 0 Å². The van der Waals surface area contributed by atoms with Gasteiger partial charge in [0.25, 0.3) is 0 Å². The number of fused-ring (bicyclic) bond motifs is 2. The number of aliphatic hydroxyl groups excluding tert-OH is 1. The Labute approximate surface area is 178 Å². The Hall–Kier alpha value is -3.33. The molecule has 1 fully saturated rings. The minimum Gasteiger partial charge on any atom is -0.502 e. The summed E-state index contributed by atoms with van der Waals surface area (Å²) in [4.78, 5) is 12.8. The predicted octanol–water partition coefficient (Wildman–Crippen LogP) is 2.10. The van der Waals surface area contributed by atoms with Gasteiger partial charge in [-0.2, -0.15) is 0 Å². The molecular formula is C22H24O9. The van der Waals surface area contributed by atoms with Crippen LogP contribution < -0.4 is 18.9 Å². The topological polar surface area (TPSA) is 124 Å². The molecule has 1 aliphatic heterocycles. The molecule has 0 amide bonds. The minimum absolute atomic E-state index is 0.0540. The van der Waals surface area contributed by atoms with Crippen LogP contribution >= 0.6 is 0 Å². The fourth-order valence-electron chi connectivity index (χ4n) is 4.69. The lowest BCUT2D eigenvalue weighted by molar-refractivity contribution is -0.141. The third-order valence-electron chi connectivity index (χ3n) is 6.12. The zero-order chi connectivity index (χ0) is 22.4. The number of aromatic hydroxyl groups is 2. The first kappa shape index (κ1) is 20.9. The van der Waals surface area contributed by atoms with Gasteiger partial charge in [0.15, 0.2) is 23.0 Å². The molecular weight excluding hydrogens is 408 g/mol. The van der Waals surface area contributed by atoms with E-state index in [1.807, 2.05) is 0 Å². The van der Waals surface area contributed by atoms with Crippen molar-refractivity contribution in [3.05, 3.63) is 34.9 Å². The molecule has 0 spiro atoms. The molecule has 0 aromatic heterocycles. The number of carbonyl (C=O) groups is 1. The molecule has 1 aliphatic carbocycles. The number of phenols is 2. The zero-order valence-electron chi connectivity index (χ0n) is 17.5. The second kappa shape index (κ2) is 7.73. The first-order valence-corrected chi connectivity index (χ1v) is 9.65. The van der Waals surface area contributed by atoms with Crippen LogP contribution in [0.5, 0.6) is 34.5 Å². The van der Waals surface area contributed by atoms with Gasteiger partial charge in [0, 0.05) is 17.4 Å². The van der Waals surface area contributed by atoms with Crippen LogP contribution in [0.2, 0.25) is 0 Å². The molecule has 3 N–H and O–H groups in total. The second-order valence-electron chi connectivity index (χ2n) is 7.48. The minimum atomic E-state index is -1.04. The van der Waals surface area contributed by atoms with Crippen LogP contribution in [0, 0.1) is 11.8 Å². The van der Waals surface area contributed by atoms with Crippen LogP contribution in [0.15, 0.2) is 18.2 Å². The lowest BCUT2D eigenvalue weighted by atomic mass is 9.66. The number of ether oxygens (including phenoxy) is 5. The summed E-state index contributed by atoms with van der Waals surface area (Å²) in [6.07, 6.45) is -1.04. The number of hydrogen-bond donors (Lipinski definition) is 3. The number of hydrogen-bond acceptors (Lipinski definition) is 9. The second-order valence-corrected chi connectivity index (χ2v) is 7.48. The van der Waals surface area contributed by atoms with Gasteiger partial charge in [-0.15, -0.1) is 0 Å². The van der Waals surface area contributed by atoms with Gasteiger partial charge in [-0.3, -0.25) is 4.79 Å². The van der Waals surface area contributed by atoms with E-state index in [2.05, 4.69) is 0 Å². The first-order valence-electron chi connectivity index (χ1n) is 9.65. The van der Waals surface area contributed by atoms with Gasteiger partial charge in [0.05, 0.1) is 47.1 Å². The van der Waals surface area contributed by atoms with Gasteiger partial charge < -0.3 is 39.0 Å². The van der Waals surface area contributed by atoms with Crippen LogP contribution in [-0.4, -0.2) is 56.3 Å². The lowest BCUT2D eigenvalue weighted by Crippen LogP contribution is -2.35. The maximum absolute atomic E-state index is 12.8. The molecule has 2 aromatic carbocycles. The normalized spacial score (nSPS) is 24.1. The van der Waals surface area contributed by atoms with Crippen LogP contribution in [0.4, 0.5) is 0 Å². The maximum Gasteiger partial charge on any atom is 0.310 e. The maximum atomic E-state index is 12.8. The smallest absolute Gasteiger partial charge is 0.310 e. The summed E-state index contributed by atoms with van der Waals surface area (Å²) in [7, 11) is 5.59. The van der Waals surface area contributed by atoms with Gasteiger partial charge in [-0.1, -0.05) is 0 Å². The summed E-state index contributed by atoms with van der Waals surface area (Å²) >= 11 is 0. The third-order valence-corrected chi connectivity index (χ3v) is 6.12. The van der Waals surface area contributed by atoms with Gasteiger partial charge in [-0.05, 0) is 29.3 Å². The van der Waals surface area contributed by atoms with Crippen LogP contribution in [0.25, 0.3) is 0 Å². The quantitative estimate of drug-likeness (QED) is 0.609. The summed E-state index contributed by atoms with van der Waals surface area (Å²) < 4.78 is 26.6. The SMILES string of the molecule is COc1cc([C@H]2c3c(cc(OC)c(O)c3OC)[C@@H](O)[C@H]3COC(=O)[C@H]23)cc(OC)c1O. The fraction of sp³-hybridized carbons (Fsp3) is 0.409. The average molecular weight is 432 g/mol. The van der Waals surface area contributed by atoms with Gasteiger partial charge in [-0.25, -0.2) is 0 Å². The Kier molecular flexibility index (Phi) is 5.22. The van der Waals surface area contributed by atoms with E-state index in [0.29, 0.717) is 16.7 Å². The molecule has 1 saturated heterocycles. The monoisotopic (exact) mass is 432 g/mol. The van der Waals surface area contributed by atoms with Crippen molar-refractivity contribution in [2.75, 3.05) is 35.0 Å². The van der Waals surface area contributed by atoms with E-state index >= 15 is 0 Å². The molecule has 9 heteroatoms. The van der Waals surface area contributed by atoms with Crippen molar-refractivity contribution in [1.82, 2.24) is 0 Å². The Morgan fingerprint density at radius 1 is 0.903 bits per heavy atom. The highest BCUT2D eigenvalue weighted by atomic mass is 16.5. The predicted molar refractivity (Wildman–Crippen MR) is 107 cm³/mol. The average Bonchev–Trinajstić information content (AvgIpc) is 3.16. The Balaban J connectivity index is 2.05. The van der Waals surface area contributed by atoms with E-state index in [9.17, 15) is 20.1 Å². The first-order chi connectivity index (χ1) is 14.9. The number of aliphatic hydroxyl groups is 1. The van der Waals surface area contributed by atoms with E-state index < -0.39 is 29.8 Å². The highest BCUT2D eigenvalue weighted by molar-refractivity contribution is 5.80. The number of rotatable bonds is 5. The number of cyclic esters (lactones) is 1. The molecule has 1 heterocycles. The lowest BCUT2D eigenvalue weighted by Gasteiger charge is -2.38. The van der Waals surface area contributed by atoms with Crippen LogP contribution in [-0.2, 0) is 9.53 Å². The van der Waals surface area contributed by atoms with Crippen molar-refractivity contribution in [1.29, 1.82) is 0 Å². The Morgan fingerprint density at radius 2 is 1.48 bits per heavy atom. The molecule has 0 radical (unpaired) electrons. The molecule has 0 unspecified atom stereocenters. The van der Waals surface area contributed by atoms with E-state index in [0.717, 1.165) is 0 Å². The van der Waals surface area contributed by atoms with E-state index in [1.54, 1.807) is 18.2 Å². The molecule has 166 valence electrons. The zero-order valence-corrected chi connectivity index (χ0v) is 17.5. The van der Waals surface area contributed by atoms with Crippen molar-refractivity contribution >= 4 is 5.97 Å². The third kappa shape index (κ3) is 2.99. The molecule has 0 bridgehead atoms. The van der Waals surface area contributed by atoms with E-state index in [1.165, 1.54) is 28.4 Å². The molecule has 4 atom stereocenters. The standard InChI is InChI=1S/C22H24O9/c1-27-12-5-9(6-13(28-2)19(12)24)15-16-10(7-14(29-3)20(25)21(16)30-4)18(23)11-8-31-22(26)17(11)15/h5-7,11,15,17-18,23-25H,8H2,1-4H3/t11-,15-,17-,18+/m0/s1. The number of phenolic OH excluding ortho intramolecular Hbond substituents is 2. The molecule has 4 rings (SSSR count). The number of methoxy groups -OCH3 is 4. The van der Waals surface area contributed by atoms with Crippen molar-refractivity contribution < 1.29 is 43.8 Å². The van der Waals surface area contributed by atoms with E-state index in [4.69, 9.17) is 23.7 Å². The fourth-order valence-corrected chi connectivity index (χ4v) is 4.69. The van der Waals surface area contributed by atoms with Crippen molar-refractivity contribution in [2.24, 2.45) is 11.8 Å². The molecule has 9 nitrogen and oxygen atoms in total. The van der Waals surface area contributed by atoms with Gasteiger partial charge >= 0.3 is 5.97 Å². The van der Waals surface area contributed by atoms with Gasteiger partial charge in [0.2, 0.25) is 11.5 Å². The Morgan fingerprint density at radius 3 is 2.03 bits per heavy atom. The number of benzene rings is 2.